The minimum atomic E-state index is 0.590. The molecule has 0 heterocycles. The molecule has 0 aliphatic rings. The predicted octanol–water partition coefficient (Wildman–Crippen LogP) is 5.72. The van der Waals surface area contributed by atoms with Crippen LogP contribution in [0.15, 0.2) is 79.9 Å². The van der Waals surface area contributed by atoms with E-state index in [-0.39, 0.29) is 0 Å². The van der Waals surface area contributed by atoms with E-state index in [1.165, 1.54) is 15.7 Å². The summed E-state index contributed by atoms with van der Waals surface area (Å²) in [5.41, 5.74) is 0.590. The molecule has 2 nitrogen and oxygen atoms in total. The van der Waals surface area contributed by atoms with E-state index in [9.17, 15) is 4.79 Å². The number of carbonyl (C=O) groups excluding carboxylic acids is 1. The fourth-order valence-corrected chi connectivity index (χ4v) is 3.73. The second kappa shape index (κ2) is 6.27. The van der Waals surface area contributed by atoms with Crippen LogP contribution in [0.5, 0.6) is 0 Å². The maximum atomic E-state index is 10.3. The molecule has 4 heteroatoms. The normalized spacial score (nSPS) is 10.3. The number of fused-ring (bicyclic) bond motifs is 1. The van der Waals surface area contributed by atoms with E-state index in [1.807, 2.05) is 30.3 Å². The summed E-state index contributed by atoms with van der Waals surface area (Å²) in [6, 6.07) is 20.3. The van der Waals surface area contributed by atoms with Crippen LogP contribution in [0.4, 0.5) is 5.69 Å². The van der Waals surface area contributed by atoms with Gasteiger partial charge in [0, 0.05) is 14.3 Å². The van der Waals surface area contributed by atoms with Crippen LogP contribution in [0.1, 0.15) is 0 Å². The van der Waals surface area contributed by atoms with Crippen molar-refractivity contribution >= 4 is 50.2 Å². The minimum absolute atomic E-state index is 0.590. The SMILES string of the molecule is O=C=Nc1ccc(Sc2cccc3ccccc23)cc1Br. The van der Waals surface area contributed by atoms with Gasteiger partial charge in [0.25, 0.3) is 0 Å². The number of aliphatic imine (C=N–C) groups is 1. The van der Waals surface area contributed by atoms with E-state index in [4.69, 9.17) is 0 Å². The molecule has 0 saturated heterocycles. The number of isocyanates is 1. The van der Waals surface area contributed by atoms with E-state index in [0.29, 0.717) is 5.69 Å². The van der Waals surface area contributed by atoms with Crippen LogP contribution < -0.4 is 0 Å². The summed E-state index contributed by atoms with van der Waals surface area (Å²) in [5.74, 6) is 0. The highest BCUT2D eigenvalue weighted by Crippen LogP contribution is 2.36. The molecule has 102 valence electrons. The van der Waals surface area contributed by atoms with Crippen LogP contribution >= 0.6 is 27.7 Å². The van der Waals surface area contributed by atoms with Gasteiger partial charge in [0.1, 0.15) is 0 Å². The number of nitrogens with zero attached hydrogens (tertiary/aromatic N) is 1. The summed E-state index contributed by atoms with van der Waals surface area (Å²) >= 11 is 5.11. The molecule has 0 bridgehead atoms. The molecule has 0 aliphatic heterocycles. The Hall–Kier alpha value is -1.87. The van der Waals surface area contributed by atoms with E-state index in [0.717, 1.165) is 9.37 Å². The fraction of sp³-hybridized carbons (Fsp3) is 0. The third-order valence-electron chi connectivity index (χ3n) is 3.06. The van der Waals surface area contributed by atoms with Crippen LogP contribution in [-0.2, 0) is 4.79 Å². The number of halogens is 1. The Morgan fingerprint density at radius 2 is 1.81 bits per heavy atom. The number of benzene rings is 3. The van der Waals surface area contributed by atoms with Gasteiger partial charge >= 0.3 is 0 Å². The Bertz CT molecular complexity index is 851. The van der Waals surface area contributed by atoms with Gasteiger partial charge in [0.15, 0.2) is 0 Å². The first-order chi connectivity index (χ1) is 10.3. The maximum absolute atomic E-state index is 10.3. The van der Waals surface area contributed by atoms with Gasteiger partial charge < -0.3 is 0 Å². The Morgan fingerprint density at radius 3 is 2.62 bits per heavy atom. The molecule has 3 aromatic rings. The van der Waals surface area contributed by atoms with Gasteiger partial charge in [-0.2, -0.15) is 4.99 Å². The zero-order valence-corrected chi connectivity index (χ0v) is 13.3. The number of hydrogen-bond donors (Lipinski definition) is 0. The molecule has 3 aromatic carbocycles. The smallest absolute Gasteiger partial charge is 0.211 e. The average molecular weight is 356 g/mol. The van der Waals surface area contributed by atoms with Gasteiger partial charge in [-0.15, -0.1) is 0 Å². The van der Waals surface area contributed by atoms with Crippen molar-refractivity contribution in [1.82, 2.24) is 0 Å². The van der Waals surface area contributed by atoms with Crippen molar-refractivity contribution in [2.24, 2.45) is 4.99 Å². The van der Waals surface area contributed by atoms with Crippen LogP contribution in [-0.4, -0.2) is 6.08 Å². The van der Waals surface area contributed by atoms with Crippen LogP contribution in [0.25, 0.3) is 10.8 Å². The summed E-state index contributed by atoms with van der Waals surface area (Å²) in [6.07, 6.45) is 1.56. The lowest BCUT2D eigenvalue weighted by Crippen LogP contribution is -1.79. The second-order valence-corrected chi connectivity index (χ2v) is 6.37. The van der Waals surface area contributed by atoms with E-state index in [1.54, 1.807) is 17.8 Å². The molecule has 0 aliphatic carbocycles. The van der Waals surface area contributed by atoms with Crippen molar-refractivity contribution in [2.45, 2.75) is 9.79 Å². The summed E-state index contributed by atoms with van der Waals surface area (Å²) in [5, 5.41) is 2.46. The highest BCUT2D eigenvalue weighted by atomic mass is 79.9. The second-order valence-electron chi connectivity index (χ2n) is 4.40. The van der Waals surface area contributed by atoms with Crippen LogP contribution in [0, 0.1) is 0 Å². The molecule has 0 N–H and O–H groups in total. The summed E-state index contributed by atoms with van der Waals surface area (Å²) in [4.78, 5) is 16.3. The van der Waals surface area contributed by atoms with Crippen molar-refractivity contribution < 1.29 is 4.79 Å². The average Bonchev–Trinajstić information content (AvgIpc) is 2.51. The van der Waals surface area contributed by atoms with Crippen LogP contribution in [0.3, 0.4) is 0 Å². The lowest BCUT2D eigenvalue weighted by atomic mass is 10.1. The topological polar surface area (TPSA) is 29.4 Å². The van der Waals surface area contributed by atoms with Crippen LogP contribution in [0.2, 0.25) is 0 Å². The monoisotopic (exact) mass is 355 g/mol. The highest BCUT2D eigenvalue weighted by molar-refractivity contribution is 9.10. The molecule has 3 rings (SSSR count). The van der Waals surface area contributed by atoms with Crippen molar-refractivity contribution in [3.05, 3.63) is 65.1 Å². The number of hydrogen-bond acceptors (Lipinski definition) is 3. The zero-order chi connectivity index (χ0) is 14.7. The zero-order valence-electron chi connectivity index (χ0n) is 10.9. The van der Waals surface area contributed by atoms with Gasteiger partial charge in [0.2, 0.25) is 6.08 Å². The van der Waals surface area contributed by atoms with E-state index >= 15 is 0 Å². The largest absolute Gasteiger partial charge is 0.240 e. The van der Waals surface area contributed by atoms with Gasteiger partial charge in [-0.05, 0) is 51.0 Å². The lowest BCUT2D eigenvalue weighted by Gasteiger charge is -2.07. The molecule has 0 atom stereocenters. The Kier molecular flexibility index (Phi) is 4.20. The van der Waals surface area contributed by atoms with Crippen molar-refractivity contribution in [3.63, 3.8) is 0 Å². The molecule has 0 unspecified atom stereocenters. The van der Waals surface area contributed by atoms with Crippen molar-refractivity contribution in [3.8, 4) is 0 Å². The molecule has 21 heavy (non-hydrogen) atoms. The Balaban J connectivity index is 1.99. The Labute approximate surface area is 135 Å². The highest BCUT2D eigenvalue weighted by Gasteiger charge is 2.05. The maximum Gasteiger partial charge on any atom is 0.240 e. The molecular weight excluding hydrogens is 346 g/mol. The van der Waals surface area contributed by atoms with E-state index in [2.05, 4.69) is 51.3 Å². The fourth-order valence-electron chi connectivity index (χ4n) is 2.10. The third kappa shape index (κ3) is 3.08. The van der Waals surface area contributed by atoms with Gasteiger partial charge in [0.05, 0.1) is 5.69 Å². The first kappa shape index (κ1) is 14.1. The van der Waals surface area contributed by atoms with Gasteiger partial charge in [-0.1, -0.05) is 48.2 Å². The molecule has 0 saturated carbocycles. The summed E-state index contributed by atoms with van der Waals surface area (Å²) in [7, 11) is 0. The lowest BCUT2D eigenvalue weighted by molar-refractivity contribution is 0.565. The van der Waals surface area contributed by atoms with Gasteiger partial charge in [-0.25, -0.2) is 4.79 Å². The number of rotatable bonds is 3. The molecule has 0 aromatic heterocycles. The quantitative estimate of drug-likeness (QED) is 0.444. The van der Waals surface area contributed by atoms with E-state index < -0.39 is 0 Å². The van der Waals surface area contributed by atoms with Crippen molar-refractivity contribution in [2.75, 3.05) is 0 Å². The summed E-state index contributed by atoms with van der Waals surface area (Å²) < 4.78 is 0.788. The molecule has 0 amide bonds. The molecule has 0 radical (unpaired) electrons. The Morgan fingerprint density at radius 1 is 1.00 bits per heavy atom. The molecule has 0 fully saturated rings. The standard InChI is InChI=1S/C17H10BrNOS/c18-15-10-13(8-9-16(15)19-11-20)21-17-7-3-5-12-4-1-2-6-14(12)17/h1-10H. The molecular formula is C17H10BrNOS. The third-order valence-corrected chi connectivity index (χ3v) is 4.76. The first-order valence-corrected chi connectivity index (χ1v) is 7.92. The predicted molar refractivity (Wildman–Crippen MR) is 90.0 cm³/mol. The van der Waals surface area contributed by atoms with Crippen molar-refractivity contribution in [1.29, 1.82) is 0 Å². The minimum Gasteiger partial charge on any atom is -0.211 e. The van der Waals surface area contributed by atoms with Gasteiger partial charge in [-0.3, -0.25) is 0 Å². The first-order valence-electron chi connectivity index (χ1n) is 6.31. The molecule has 0 spiro atoms. The summed E-state index contributed by atoms with van der Waals surface area (Å²) in [6.45, 7) is 0.